The van der Waals surface area contributed by atoms with Crippen LogP contribution in [-0.2, 0) is 13.0 Å². The maximum Gasteiger partial charge on any atom is 0.387 e. The summed E-state index contributed by atoms with van der Waals surface area (Å²) in [6.07, 6.45) is 0.198. The van der Waals surface area contributed by atoms with Gasteiger partial charge >= 0.3 is 12.6 Å². The summed E-state index contributed by atoms with van der Waals surface area (Å²) in [5, 5.41) is 21.7. The van der Waals surface area contributed by atoms with E-state index in [2.05, 4.69) is 9.97 Å². The van der Waals surface area contributed by atoms with Crippen LogP contribution in [0.5, 0.6) is 11.5 Å². The quantitative estimate of drug-likeness (QED) is 0.172. The van der Waals surface area contributed by atoms with Crippen LogP contribution in [-0.4, -0.2) is 64.4 Å². The van der Waals surface area contributed by atoms with E-state index in [9.17, 15) is 28.7 Å². The van der Waals surface area contributed by atoms with Gasteiger partial charge in [0.25, 0.3) is 5.56 Å². The molecule has 46 heavy (non-hydrogen) atoms. The normalized spacial score (nSPS) is 11.5. The lowest BCUT2D eigenvalue weighted by molar-refractivity contribution is -0.0504. The molecule has 0 unspecified atom stereocenters. The molecule has 0 saturated heterocycles. The number of likely N-dealkylation sites (N-methyl/N-ethyl adjacent to an activating group) is 1. The van der Waals surface area contributed by atoms with Crippen molar-refractivity contribution in [1.29, 1.82) is 5.26 Å². The first-order chi connectivity index (χ1) is 21.9. The minimum absolute atomic E-state index is 0.0113. The smallest absolute Gasteiger partial charge is 0.387 e. The van der Waals surface area contributed by atoms with Gasteiger partial charge in [-0.2, -0.15) is 14.0 Å². The highest BCUT2D eigenvalue weighted by Gasteiger charge is 2.23. The fourth-order valence-electron chi connectivity index (χ4n) is 5.25. The Morgan fingerprint density at radius 2 is 1.93 bits per heavy atom. The van der Waals surface area contributed by atoms with Crippen molar-refractivity contribution in [3.8, 4) is 28.7 Å². The number of hydrogen-bond donors (Lipinski definition) is 1. The third-order valence-electron chi connectivity index (χ3n) is 7.33. The standard InChI is InChI=1S/C32H28ClF2N5O5S/c1-16-11-21(29-28(37-16)23(15-46-29)31(42)43)20-12-18(33)5-6-25(20)44-10-9-40-17(2)38-24-13-26(45-32(34)35)19(7-8-39(3)4)22(14-36)27(24)30(40)41/h5-6,11-13,15,32H,7-10H2,1-4H3,(H,42,43). The lowest BCUT2D eigenvalue weighted by Crippen LogP contribution is -2.28. The van der Waals surface area contributed by atoms with E-state index in [0.717, 1.165) is 0 Å². The first-order valence-electron chi connectivity index (χ1n) is 14.0. The highest BCUT2D eigenvalue weighted by atomic mass is 35.5. The molecule has 0 spiro atoms. The topological polar surface area (TPSA) is 131 Å². The number of aryl methyl sites for hydroxylation is 2. The number of benzene rings is 2. The number of pyridine rings is 1. The molecule has 0 atom stereocenters. The van der Waals surface area contributed by atoms with Gasteiger partial charge in [-0.05, 0) is 58.6 Å². The summed E-state index contributed by atoms with van der Waals surface area (Å²) in [5.41, 5.74) is 2.10. The number of fused-ring (bicyclic) bond motifs is 2. The van der Waals surface area contributed by atoms with E-state index in [1.54, 1.807) is 51.5 Å². The molecular formula is C32H28ClF2N5O5S. The van der Waals surface area contributed by atoms with Crippen LogP contribution in [0.1, 0.15) is 33.0 Å². The zero-order valence-electron chi connectivity index (χ0n) is 25.2. The summed E-state index contributed by atoms with van der Waals surface area (Å²) >= 11 is 7.62. The predicted molar refractivity (Wildman–Crippen MR) is 172 cm³/mol. The molecule has 0 amide bonds. The Bertz CT molecular complexity index is 2090. The maximum atomic E-state index is 13.8. The van der Waals surface area contributed by atoms with Gasteiger partial charge in [0.2, 0.25) is 0 Å². The van der Waals surface area contributed by atoms with Crippen molar-refractivity contribution in [3.05, 3.63) is 79.3 Å². The summed E-state index contributed by atoms with van der Waals surface area (Å²) < 4.78 is 39.5. The summed E-state index contributed by atoms with van der Waals surface area (Å²) in [6.45, 7) is 0.740. The Balaban J connectivity index is 1.52. The number of ether oxygens (including phenoxy) is 2. The SMILES string of the molecule is Cc1cc(-c2cc(Cl)ccc2OCCn2c(C)nc3cc(OC(F)F)c(CCN(C)C)c(C#N)c3c2=O)c2scc(C(=O)O)c2n1. The summed E-state index contributed by atoms with van der Waals surface area (Å²) in [7, 11) is 3.61. The van der Waals surface area contributed by atoms with E-state index in [-0.39, 0.29) is 58.7 Å². The van der Waals surface area contributed by atoms with Crippen LogP contribution < -0.4 is 15.0 Å². The first kappa shape index (κ1) is 32.7. The van der Waals surface area contributed by atoms with Crippen molar-refractivity contribution in [2.24, 2.45) is 0 Å². The number of nitriles is 1. The molecule has 0 bridgehead atoms. The Morgan fingerprint density at radius 3 is 2.61 bits per heavy atom. The Kier molecular flexibility index (Phi) is 9.52. The van der Waals surface area contributed by atoms with Gasteiger partial charge < -0.3 is 19.5 Å². The third-order valence-corrected chi connectivity index (χ3v) is 8.57. The molecule has 238 valence electrons. The second-order valence-electron chi connectivity index (χ2n) is 10.7. The molecular weight excluding hydrogens is 640 g/mol. The minimum atomic E-state index is -3.12. The molecule has 0 aliphatic heterocycles. The molecule has 0 aliphatic carbocycles. The fraction of sp³-hybridized carbons (Fsp3) is 0.281. The number of carboxylic acids is 1. The molecule has 1 N–H and O–H groups in total. The number of nitrogens with zero attached hydrogens (tertiary/aromatic N) is 5. The molecule has 0 fully saturated rings. The van der Waals surface area contributed by atoms with Gasteiger partial charge in [0.05, 0.1) is 38.8 Å². The van der Waals surface area contributed by atoms with Crippen LogP contribution in [0.3, 0.4) is 0 Å². The number of carbonyl (C=O) groups is 1. The van der Waals surface area contributed by atoms with Crippen molar-refractivity contribution in [2.75, 3.05) is 27.2 Å². The van der Waals surface area contributed by atoms with Gasteiger partial charge in [-0.3, -0.25) is 14.3 Å². The number of rotatable bonds is 11. The zero-order valence-corrected chi connectivity index (χ0v) is 26.8. The predicted octanol–water partition coefficient (Wildman–Crippen LogP) is 6.30. The van der Waals surface area contributed by atoms with E-state index in [1.165, 1.54) is 22.0 Å². The molecule has 0 aliphatic rings. The van der Waals surface area contributed by atoms with E-state index >= 15 is 0 Å². The molecule has 5 aromatic rings. The molecule has 3 heterocycles. The molecule has 3 aromatic heterocycles. The van der Waals surface area contributed by atoms with Crippen LogP contribution in [0.25, 0.3) is 32.2 Å². The number of thiophene rings is 1. The second-order valence-corrected chi connectivity index (χ2v) is 12.0. The molecule has 10 nitrogen and oxygen atoms in total. The van der Waals surface area contributed by atoms with Crippen molar-refractivity contribution >= 4 is 50.0 Å². The van der Waals surface area contributed by atoms with Crippen LogP contribution in [0.2, 0.25) is 5.02 Å². The monoisotopic (exact) mass is 667 g/mol. The van der Waals surface area contributed by atoms with Crippen molar-refractivity contribution in [1.82, 2.24) is 19.4 Å². The Labute approximate surface area is 271 Å². The summed E-state index contributed by atoms with van der Waals surface area (Å²) in [5.74, 6) is -0.537. The largest absolute Gasteiger partial charge is 0.491 e. The number of halogens is 3. The average molecular weight is 668 g/mol. The molecule has 14 heteroatoms. The summed E-state index contributed by atoms with van der Waals surface area (Å²) in [6, 6.07) is 10.2. The van der Waals surface area contributed by atoms with E-state index in [1.807, 2.05) is 17.0 Å². The number of alkyl halides is 2. The van der Waals surface area contributed by atoms with Crippen molar-refractivity contribution in [2.45, 2.75) is 33.4 Å². The molecule has 0 radical (unpaired) electrons. The van der Waals surface area contributed by atoms with Crippen LogP contribution in [0.15, 0.2) is 40.5 Å². The van der Waals surface area contributed by atoms with Gasteiger partial charge in [-0.25, -0.2) is 9.78 Å². The van der Waals surface area contributed by atoms with Crippen molar-refractivity contribution in [3.63, 3.8) is 0 Å². The third kappa shape index (κ3) is 6.50. The van der Waals surface area contributed by atoms with Crippen LogP contribution in [0, 0.1) is 25.2 Å². The van der Waals surface area contributed by atoms with Gasteiger partial charge in [-0.1, -0.05) is 11.6 Å². The van der Waals surface area contributed by atoms with E-state index in [0.29, 0.717) is 44.4 Å². The number of aromatic nitrogens is 3. The van der Waals surface area contributed by atoms with E-state index < -0.39 is 18.1 Å². The number of aromatic carboxylic acids is 1. The van der Waals surface area contributed by atoms with Crippen molar-refractivity contribution < 1.29 is 28.2 Å². The van der Waals surface area contributed by atoms with Crippen LogP contribution >= 0.6 is 22.9 Å². The molecule has 0 saturated carbocycles. The lowest BCUT2D eigenvalue weighted by atomic mass is 9.99. The van der Waals surface area contributed by atoms with Gasteiger partial charge in [0.15, 0.2) is 0 Å². The Morgan fingerprint density at radius 1 is 1.17 bits per heavy atom. The summed E-state index contributed by atoms with van der Waals surface area (Å²) in [4.78, 5) is 36.3. The zero-order chi connectivity index (χ0) is 33.3. The first-order valence-corrected chi connectivity index (χ1v) is 15.3. The fourth-order valence-corrected chi connectivity index (χ4v) is 6.44. The van der Waals surface area contributed by atoms with Gasteiger partial charge in [-0.15, -0.1) is 11.3 Å². The lowest BCUT2D eigenvalue weighted by Gasteiger charge is -2.18. The second kappa shape index (κ2) is 13.4. The van der Waals surface area contributed by atoms with Crippen LogP contribution in [0.4, 0.5) is 8.78 Å². The highest BCUT2D eigenvalue weighted by Crippen LogP contribution is 2.40. The Hall–Kier alpha value is -4.64. The maximum absolute atomic E-state index is 13.8. The van der Waals surface area contributed by atoms with Gasteiger partial charge in [0.1, 0.15) is 30.0 Å². The minimum Gasteiger partial charge on any atom is -0.491 e. The molecule has 2 aromatic carbocycles. The number of carboxylic acid groups (broad SMARTS) is 1. The highest BCUT2D eigenvalue weighted by molar-refractivity contribution is 7.18. The number of hydrogen-bond acceptors (Lipinski definition) is 9. The molecule has 5 rings (SSSR count). The average Bonchev–Trinajstić information content (AvgIpc) is 3.41. The van der Waals surface area contributed by atoms with E-state index in [4.69, 9.17) is 21.1 Å². The van der Waals surface area contributed by atoms with Gasteiger partial charge in [0, 0.05) is 45.4 Å².